The lowest BCUT2D eigenvalue weighted by molar-refractivity contribution is 0.0289. The molecule has 0 saturated carbocycles. The topological polar surface area (TPSA) is 90.0 Å². The quantitative estimate of drug-likeness (QED) is 0.113. The van der Waals surface area contributed by atoms with Crippen LogP contribution in [0.1, 0.15) is 174 Å². The van der Waals surface area contributed by atoms with Crippen LogP contribution in [0.5, 0.6) is 0 Å². The highest BCUT2D eigenvalue weighted by molar-refractivity contribution is 5.50. The number of piperidine rings is 2. The van der Waals surface area contributed by atoms with Crippen molar-refractivity contribution in [1.29, 1.82) is 0 Å². The number of rotatable bonds is 15. The van der Waals surface area contributed by atoms with Crippen LogP contribution in [0.15, 0.2) is 73.8 Å². The van der Waals surface area contributed by atoms with Crippen molar-refractivity contribution >= 4 is 22.7 Å². The maximum Gasteiger partial charge on any atom is 0.0594 e. The molecule has 0 aromatic carbocycles. The van der Waals surface area contributed by atoms with Gasteiger partial charge in [0.1, 0.15) is 0 Å². The molecule has 4 aromatic rings. The van der Waals surface area contributed by atoms with Crippen LogP contribution in [0.2, 0.25) is 0 Å². The summed E-state index contributed by atoms with van der Waals surface area (Å²) < 4.78 is 5.44. The van der Waals surface area contributed by atoms with E-state index in [1.165, 1.54) is 155 Å². The summed E-state index contributed by atoms with van der Waals surface area (Å²) in [6, 6.07) is 11.5. The van der Waals surface area contributed by atoms with Crippen LogP contribution in [0.4, 0.5) is 22.7 Å². The van der Waals surface area contributed by atoms with Crippen LogP contribution in [0.3, 0.4) is 0 Å². The molecule has 83 heavy (non-hydrogen) atoms. The molecule has 10 heterocycles. The Morgan fingerprint density at radius 2 is 0.807 bits per heavy atom. The van der Waals surface area contributed by atoms with E-state index in [4.69, 9.17) is 4.74 Å². The first-order chi connectivity index (χ1) is 40.1. The second-order valence-electron chi connectivity index (χ2n) is 26.4. The van der Waals surface area contributed by atoms with E-state index in [2.05, 4.69) is 178 Å². The molecule has 0 bridgehead atoms. The molecule has 0 spiro atoms. The molecule has 462 valence electrons. The van der Waals surface area contributed by atoms with E-state index < -0.39 is 0 Å². The summed E-state index contributed by atoms with van der Waals surface area (Å²) in [6.07, 6.45) is 25.0. The lowest BCUT2D eigenvalue weighted by Gasteiger charge is -2.42. The Morgan fingerprint density at radius 3 is 1.20 bits per heavy atom. The largest absolute Gasteiger partial charge is 0.379 e. The van der Waals surface area contributed by atoms with Crippen molar-refractivity contribution < 1.29 is 4.74 Å². The summed E-state index contributed by atoms with van der Waals surface area (Å²) in [7, 11) is 2.23. The highest BCUT2D eigenvalue weighted by Gasteiger charge is 2.28. The smallest absolute Gasteiger partial charge is 0.0594 e. The number of piperazine rings is 2. The Kier molecular flexibility index (Phi) is 27.1. The molecular weight excluding hydrogens is 1030 g/mol. The molecule has 0 aliphatic carbocycles. The number of nitrogens with zero attached hydrogens (tertiary/aromatic N) is 13. The minimum atomic E-state index is 0.548. The summed E-state index contributed by atoms with van der Waals surface area (Å²) in [5.74, 6) is 3.04. The average Bonchev–Trinajstić information content (AvgIpc) is 3.79. The predicted octanol–water partition coefficient (Wildman–Crippen LogP) is 11.8. The normalized spacial score (nSPS) is 19.9. The Hall–Kier alpha value is -4.44. The lowest BCUT2D eigenvalue weighted by Crippen LogP contribution is -2.52. The fraction of sp³-hybridized carbons (Fsp3) is 0.710. The number of hydrogen-bond donors (Lipinski definition) is 0. The summed E-state index contributed by atoms with van der Waals surface area (Å²) in [5, 5.41) is 0. The van der Waals surface area contributed by atoms with Crippen molar-refractivity contribution in [3.63, 3.8) is 0 Å². The number of morpholine rings is 1. The fourth-order valence-electron chi connectivity index (χ4n) is 12.8. The second kappa shape index (κ2) is 34.0. The molecule has 0 atom stereocenters. The number of pyridine rings is 4. The summed E-state index contributed by atoms with van der Waals surface area (Å²) in [6.45, 7) is 51.1. The molecular formula is C69H115N13O. The zero-order valence-corrected chi connectivity index (χ0v) is 54.6. The maximum absolute atomic E-state index is 5.44. The SMILES string of the molecule is CC(C)c1cncc(N2CCC(CN3CCOCC3)CC2)c1.CC(C)c1cncc(N2CCC(N3CCN(C)CC3)CC2)c1.CC(C)c1cncc(N2CCCN(C(C)C)CC2)c1.CCC(CC)N1CCN(c2cncc(C(C)C)c2)CC1. The van der Waals surface area contributed by atoms with Crippen molar-refractivity contribution in [3.05, 3.63) is 96.1 Å². The van der Waals surface area contributed by atoms with Gasteiger partial charge in [0.25, 0.3) is 0 Å². The van der Waals surface area contributed by atoms with Gasteiger partial charge in [-0.3, -0.25) is 39.5 Å². The predicted molar refractivity (Wildman–Crippen MR) is 352 cm³/mol. The lowest BCUT2D eigenvalue weighted by atomic mass is 9.95. The third-order valence-corrected chi connectivity index (χ3v) is 18.9. The first-order valence-electron chi connectivity index (χ1n) is 33.1. The van der Waals surface area contributed by atoms with Crippen molar-refractivity contribution in [2.45, 2.75) is 170 Å². The van der Waals surface area contributed by atoms with Crippen LogP contribution in [0, 0.1) is 5.92 Å². The zero-order valence-electron chi connectivity index (χ0n) is 54.6. The van der Waals surface area contributed by atoms with Crippen molar-refractivity contribution in [2.75, 3.05) is 164 Å². The molecule has 0 N–H and O–H groups in total. The number of likely N-dealkylation sites (N-methyl/N-ethyl adjacent to an activating group) is 1. The van der Waals surface area contributed by atoms with Gasteiger partial charge in [-0.2, -0.15) is 0 Å². The van der Waals surface area contributed by atoms with Crippen molar-refractivity contribution in [3.8, 4) is 0 Å². The molecule has 0 unspecified atom stereocenters. The number of ether oxygens (including phenoxy) is 1. The Balaban J connectivity index is 0.000000159. The van der Waals surface area contributed by atoms with Crippen molar-refractivity contribution in [2.24, 2.45) is 5.92 Å². The summed E-state index contributed by atoms with van der Waals surface area (Å²) >= 11 is 0. The van der Waals surface area contributed by atoms with E-state index in [1.807, 2.05) is 49.6 Å². The summed E-state index contributed by atoms with van der Waals surface area (Å²) in [4.78, 5) is 40.6. The van der Waals surface area contributed by atoms with E-state index in [1.54, 1.807) is 0 Å². The molecule has 6 fully saturated rings. The number of aromatic nitrogens is 4. The number of anilines is 4. The van der Waals surface area contributed by atoms with Gasteiger partial charge in [0.15, 0.2) is 0 Å². The minimum absolute atomic E-state index is 0.548. The molecule has 6 aliphatic rings. The van der Waals surface area contributed by atoms with Crippen LogP contribution in [-0.2, 0) is 4.74 Å². The molecule has 6 saturated heterocycles. The van der Waals surface area contributed by atoms with Crippen LogP contribution >= 0.6 is 0 Å². The van der Waals surface area contributed by atoms with Crippen LogP contribution < -0.4 is 19.6 Å². The van der Waals surface area contributed by atoms with Gasteiger partial charge in [-0.25, -0.2) is 0 Å². The molecule has 4 aromatic heterocycles. The van der Waals surface area contributed by atoms with Gasteiger partial charge >= 0.3 is 0 Å². The monoisotopic (exact) mass is 1140 g/mol. The molecule has 14 heteroatoms. The van der Waals surface area contributed by atoms with E-state index in [-0.39, 0.29) is 0 Å². The van der Waals surface area contributed by atoms with Gasteiger partial charge in [0.05, 0.1) is 60.8 Å². The van der Waals surface area contributed by atoms with Gasteiger partial charge in [-0.05, 0) is 142 Å². The standard InChI is InChI=1S/C18H30N4.C18H29N3O.C17H29N3.C16H27N3/c1-15(2)16-12-18(14-19-13-16)21-6-4-17(5-7-21)22-10-8-20(3)9-11-22;1-15(2)17-11-18(13-19-12-17)21-5-3-16(4-6-21)14-20-7-9-22-10-8-20;1-5-16(6-2)19-7-9-20(10-8-19)17-11-15(14(3)4)12-18-13-17;1-13(2)15-10-16(12-17-11-15)19-7-5-6-18(8-9-19)14(3)4/h12-15,17H,4-11H2,1-3H3;11-13,15-16H,3-10,14H2,1-2H3;11-14,16H,5-10H2,1-4H3;10-14H,5-9H2,1-4H3. The first-order valence-corrected chi connectivity index (χ1v) is 33.1. The molecule has 6 aliphatic heterocycles. The van der Waals surface area contributed by atoms with E-state index in [0.29, 0.717) is 29.7 Å². The summed E-state index contributed by atoms with van der Waals surface area (Å²) in [5.41, 5.74) is 10.6. The Morgan fingerprint density at radius 1 is 0.422 bits per heavy atom. The highest BCUT2D eigenvalue weighted by Crippen LogP contribution is 2.29. The van der Waals surface area contributed by atoms with Gasteiger partial charge in [0.2, 0.25) is 0 Å². The molecule has 0 radical (unpaired) electrons. The van der Waals surface area contributed by atoms with Crippen LogP contribution in [-0.4, -0.2) is 207 Å². The Labute approximate surface area is 505 Å². The van der Waals surface area contributed by atoms with Gasteiger partial charge in [-0.15, -0.1) is 0 Å². The number of hydrogen-bond acceptors (Lipinski definition) is 14. The average molecular weight is 1140 g/mol. The third-order valence-electron chi connectivity index (χ3n) is 18.9. The fourth-order valence-corrected chi connectivity index (χ4v) is 12.8. The van der Waals surface area contributed by atoms with Gasteiger partial charge in [0, 0.05) is 167 Å². The first kappa shape index (κ1) is 66.1. The van der Waals surface area contributed by atoms with E-state index in [0.717, 1.165) is 90.1 Å². The van der Waals surface area contributed by atoms with Gasteiger partial charge < -0.3 is 29.2 Å². The zero-order chi connectivity index (χ0) is 59.3. The second-order valence-corrected chi connectivity index (χ2v) is 26.4. The maximum atomic E-state index is 5.44. The molecule has 10 rings (SSSR count). The highest BCUT2D eigenvalue weighted by atomic mass is 16.5. The van der Waals surface area contributed by atoms with Crippen LogP contribution in [0.25, 0.3) is 0 Å². The third kappa shape index (κ3) is 20.6. The van der Waals surface area contributed by atoms with Crippen molar-refractivity contribution in [1.82, 2.24) is 44.4 Å². The molecule has 0 amide bonds. The Bertz CT molecular complexity index is 2410. The molecule has 14 nitrogen and oxygen atoms in total. The minimum Gasteiger partial charge on any atom is -0.379 e. The van der Waals surface area contributed by atoms with E-state index in [9.17, 15) is 0 Å². The van der Waals surface area contributed by atoms with Gasteiger partial charge in [-0.1, -0.05) is 69.2 Å². The van der Waals surface area contributed by atoms with E-state index >= 15 is 0 Å².